The molecule has 7 nitrogen and oxygen atoms in total. The number of halogens is 1. The molecule has 1 amide bonds. The minimum atomic E-state index is -4.05. The maximum Gasteiger partial charge on any atom is 0.286 e. The molecule has 29 heavy (non-hydrogen) atoms. The van der Waals surface area contributed by atoms with Crippen LogP contribution < -0.4 is 5.01 Å². The van der Waals surface area contributed by atoms with Gasteiger partial charge in [0.15, 0.2) is 0 Å². The third kappa shape index (κ3) is 4.01. The van der Waals surface area contributed by atoms with Gasteiger partial charge < -0.3 is 9.64 Å². The lowest BCUT2D eigenvalue weighted by Crippen LogP contribution is -2.48. The summed E-state index contributed by atoms with van der Waals surface area (Å²) < 4.78 is 31.5. The van der Waals surface area contributed by atoms with Crippen LogP contribution in [0.2, 0.25) is 5.02 Å². The number of amides is 1. The summed E-state index contributed by atoms with van der Waals surface area (Å²) in [5.74, 6) is -0.599. The number of morpholine rings is 1. The van der Waals surface area contributed by atoms with E-state index in [0.717, 1.165) is 5.56 Å². The van der Waals surface area contributed by atoms with E-state index in [9.17, 15) is 13.2 Å². The highest BCUT2D eigenvalue weighted by molar-refractivity contribution is 8.08. The molecule has 0 spiro atoms. The highest BCUT2D eigenvalue weighted by Gasteiger charge is 2.39. The molecule has 0 aromatic heterocycles. The predicted octanol–water partition coefficient (Wildman–Crippen LogP) is 2.35. The lowest BCUT2D eigenvalue weighted by molar-refractivity contribution is -0.127. The third-order valence-electron chi connectivity index (χ3n) is 4.89. The van der Waals surface area contributed by atoms with Gasteiger partial charge in [0, 0.05) is 24.7 Å². The fourth-order valence-corrected chi connectivity index (χ4v) is 4.98. The molecule has 0 radical (unpaired) electrons. The van der Waals surface area contributed by atoms with Crippen LogP contribution in [0.25, 0.3) is 0 Å². The minimum Gasteiger partial charge on any atom is -0.378 e. The normalized spacial score (nSPS) is 18.2. The van der Waals surface area contributed by atoms with Crippen molar-refractivity contribution in [1.82, 2.24) is 4.90 Å². The molecule has 0 unspecified atom stereocenters. The number of anilines is 1. The Morgan fingerprint density at radius 2 is 1.83 bits per heavy atom. The zero-order valence-corrected chi connectivity index (χ0v) is 17.2. The van der Waals surface area contributed by atoms with Gasteiger partial charge in [-0.3, -0.25) is 9.80 Å². The number of sulfone groups is 1. The average molecular weight is 434 g/mol. The van der Waals surface area contributed by atoms with Crippen LogP contribution >= 0.6 is 11.6 Å². The molecule has 1 saturated heterocycles. The number of carbonyl (C=O) groups excluding carboxylic acids is 1. The largest absolute Gasteiger partial charge is 0.378 e. The van der Waals surface area contributed by atoms with Crippen LogP contribution in [-0.2, 0) is 25.8 Å². The molecule has 9 heteroatoms. The van der Waals surface area contributed by atoms with Crippen molar-refractivity contribution in [1.29, 1.82) is 0 Å². The second-order valence-electron chi connectivity index (χ2n) is 6.78. The maximum atomic E-state index is 13.1. The van der Waals surface area contributed by atoms with Crippen molar-refractivity contribution in [3.63, 3.8) is 0 Å². The van der Waals surface area contributed by atoms with Crippen molar-refractivity contribution in [3.05, 3.63) is 59.1 Å². The Morgan fingerprint density at radius 1 is 1.10 bits per heavy atom. The SMILES string of the molecule is O=C(C1=NN(CCc2ccccc2)c2cc(Cl)ccc2S1(=O)=O)N1CCOCC1. The molecule has 152 valence electrons. The molecular weight excluding hydrogens is 414 g/mol. The fourth-order valence-electron chi connectivity index (χ4n) is 3.35. The second kappa shape index (κ2) is 8.14. The molecule has 2 aromatic carbocycles. The molecule has 0 aliphatic carbocycles. The monoisotopic (exact) mass is 433 g/mol. The van der Waals surface area contributed by atoms with Crippen molar-refractivity contribution in [3.8, 4) is 0 Å². The van der Waals surface area contributed by atoms with Gasteiger partial charge in [-0.1, -0.05) is 41.9 Å². The van der Waals surface area contributed by atoms with Gasteiger partial charge in [-0.15, -0.1) is 0 Å². The number of carbonyl (C=O) groups is 1. The van der Waals surface area contributed by atoms with Crippen LogP contribution in [0.5, 0.6) is 0 Å². The fraction of sp³-hybridized carbons (Fsp3) is 0.300. The molecule has 0 N–H and O–H groups in total. The Balaban J connectivity index is 1.71. The van der Waals surface area contributed by atoms with Gasteiger partial charge in [-0.25, -0.2) is 8.42 Å². The van der Waals surface area contributed by atoms with Crippen LogP contribution in [-0.4, -0.2) is 57.1 Å². The highest BCUT2D eigenvalue weighted by atomic mass is 35.5. The summed E-state index contributed by atoms with van der Waals surface area (Å²) in [6.07, 6.45) is 0.634. The second-order valence-corrected chi connectivity index (χ2v) is 9.05. The molecular formula is C20H20ClN3O4S. The van der Waals surface area contributed by atoms with Crippen molar-refractivity contribution in [2.24, 2.45) is 5.10 Å². The predicted molar refractivity (Wildman–Crippen MR) is 111 cm³/mol. The Morgan fingerprint density at radius 3 is 2.55 bits per heavy atom. The van der Waals surface area contributed by atoms with Crippen molar-refractivity contribution < 1.29 is 17.9 Å². The van der Waals surface area contributed by atoms with Crippen LogP contribution in [0.1, 0.15) is 5.56 Å². The molecule has 4 rings (SSSR count). The molecule has 0 bridgehead atoms. The van der Waals surface area contributed by atoms with E-state index >= 15 is 0 Å². The Hall–Kier alpha value is -2.42. The Kier molecular flexibility index (Phi) is 5.58. The molecule has 2 aromatic rings. The molecule has 2 aliphatic rings. The molecule has 0 atom stereocenters. The number of hydrogen-bond donors (Lipinski definition) is 0. The molecule has 0 saturated carbocycles. The quantitative estimate of drug-likeness (QED) is 0.739. The first kappa shape index (κ1) is 19.9. The number of fused-ring (bicyclic) bond motifs is 1. The summed E-state index contributed by atoms with van der Waals surface area (Å²) in [6, 6.07) is 14.3. The Labute approximate surface area is 174 Å². The van der Waals surface area contributed by atoms with E-state index in [0.29, 0.717) is 50.0 Å². The van der Waals surface area contributed by atoms with Crippen molar-refractivity contribution >= 4 is 38.1 Å². The van der Waals surface area contributed by atoms with E-state index in [1.54, 1.807) is 11.1 Å². The lowest BCUT2D eigenvalue weighted by Gasteiger charge is -2.31. The molecule has 2 heterocycles. The van der Waals surface area contributed by atoms with E-state index in [-0.39, 0.29) is 4.90 Å². The van der Waals surface area contributed by atoms with Crippen molar-refractivity contribution in [2.75, 3.05) is 37.9 Å². The summed E-state index contributed by atoms with van der Waals surface area (Å²) in [4.78, 5) is 14.5. The molecule has 1 fully saturated rings. The van der Waals surface area contributed by atoms with Crippen molar-refractivity contribution in [2.45, 2.75) is 11.3 Å². The summed E-state index contributed by atoms with van der Waals surface area (Å²) in [6.45, 7) is 1.84. The first-order valence-corrected chi connectivity index (χ1v) is 11.1. The van der Waals surface area contributed by atoms with Gasteiger partial charge in [0.2, 0.25) is 14.9 Å². The Bertz CT molecular complexity index is 1050. The highest BCUT2D eigenvalue weighted by Crippen LogP contribution is 2.34. The van der Waals surface area contributed by atoms with Gasteiger partial charge in [-0.05, 0) is 30.2 Å². The van der Waals surface area contributed by atoms with E-state index in [2.05, 4.69) is 5.10 Å². The summed E-state index contributed by atoms with van der Waals surface area (Å²) >= 11 is 6.11. The topological polar surface area (TPSA) is 79.3 Å². The zero-order valence-electron chi connectivity index (χ0n) is 15.6. The maximum absolute atomic E-state index is 13.1. The summed E-state index contributed by atoms with van der Waals surface area (Å²) in [5.41, 5.74) is 1.47. The van der Waals surface area contributed by atoms with E-state index < -0.39 is 20.8 Å². The van der Waals surface area contributed by atoms with E-state index in [1.165, 1.54) is 17.0 Å². The van der Waals surface area contributed by atoms with Gasteiger partial charge in [0.05, 0.1) is 23.8 Å². The average Bonchev–Trinajstić information content (AvgIpc) is 2.74. The van der Waals surface area contributed by atoms with E-state index in [1.807, 2.05) is 30.3 Å². The number of rotatable bonds is 4. The van der Waals surface area contributed by atoms with Crippen LogP contribution in [0.4, 0.5) is 5.69 Å². The summed E-state index contributed by atoms with van der Waals surface area (Å²) in [5, 5.41) is 5.79. The van der Waals surface area contributed by atoms with Gasteiger partial charge in [0.1, 0.15) is 0 Å². The molecule has 2 aliphatic heterocycles. The third-order valence-corrected chi connectivity index (χ3v) is 6.82. The zero-order chi connectivity index (χ0) is 20.4. The summed E-state index contributed by atoms with van der Waals surface area (Å²) in [7, 11) is -4.05. The van der Waals surface area contributed by atoms with Gasteiger partial charge in [0.25, 0.3) is 5.91 Å². The lowest BCUT2D eigenvalue weighted by atomic mass is 10.1. The van der Waals surface area contributed by atoms with Gasteiger partial charge >= 0.3 is 0 Å². The number of hydrogen-bond acceptors (Lipinski definition) is 6. The minimum absolute atomic E-state index is 0.0431. The van der Waals surface area contributed by atoms with Crippen LogP contribution in [0.15, 0.2) is 58.5 Å². The number of hydrazone groups is 1. The van der Waals surface area contributed by atoms with E-state index in [4.69, 9.17) is 16.3 Å². The number of nitrogens with zero attached hydrogens (tertiary/aromatic N) is 3. The first-order chi connectivity index (χ1) is 14.0. The smallest absolute Gasteiger partial charge is 0.286 e. The first-order valence-electron chi connectivity index (χ1n) is 9.28. The van der Waals surface area contributed by atoms with Crippen LogP contribution in [0, 0.1) is 0 Å². The van der Waals surface area contributed by atoms with Gasteiger partial charge in [-0.2, -0.15) is 5.10 Å². The number of ether oxygens (including phenoxy) is 1. The van der Waals surface area contributed by atoms with Crippen LogP contribution in [0.3, 0.4) is 0 Å². The number of benzene rings is 2. The standard InChI is InChI=1S/C20H20ClN3O4S/c21-16-6-7-18-17(14-16)24(9-8-15-4-2-1-3-5-15)22-19(29(18,26)27)20(25)23-10-12-28-13-11-23/h1-7,14H,8-13H2.